The van der Waals surface area contributed by atoms with Gasteiger partial charge in [-0.3, -0.25) is 0 Å². The Hall–Kier alpha value is -0.320. The molecule has 0 radical (unpaired) electrons. The second-order valence-electron chi connectivity index (χ2n) is 4.83. The molecule has 1 fully saturated rings. The monoisotopic (exact) mass is 289 g/mol. The molecule has 0 saturated carbocycles. The molecule has 0 spiro atoms. The molecule has 0 aliphatic carbocycles. The van der Waals surface area contributed by atoms with Crippen molar-refractivity contribution in [1.82, 2.24) is 5.32 Å². The van der Waals surface area contributed by atoms with Crippen molar-refractivity contribution in [1.29, 1.82) is 0 Å². The molecule has 2 atom stereocenters. The quantitative estimate of drug-likeness (QED) is 0.899. The number of rotatable bonds is 3. The van der Waals surface area contributed by atoms with Crippen LogP contribution in [0.25, 0.3) is 0 Å². The Kier molecular flexibility index (Phi) is 4.51. The maximum atomic E-state index is 10.6. The minimum atomic E-state index is -0.952. The molecule has 0 amide bonds. The third-order valence-electron chi connectivity index (χ3n) is 3.18. The molecule has 18 heavy (non-hydrogen) atoms. The van der Waals surface area contributed by atoms with Crippen molar-refractivity contribution in [3.05, 3.63) is 33.8 Å². The minimum Gasteiger partial charge on any atom is -0.385 e. The molecule has 1 saturated heterocycles. The molecule has 2 N–H and O–H groups in total. The lowest BCUT2D eigenvalue weighted by molar-refractivity contribution is 0.00323. The minimum absolute atomic E-state index is 0.156. The maximum absolute atomic E-state index is 10.6. The summed E-state index contributed by atoms with van der Waals surface area (Å²) in [4.78, 5) is 0. The SMILES string of the molecule is CC(O)(CC1COCCN1)c1ccc(Cl)c(Cl)c1. The molecule has 2 unspecified atom stereocenters. The average Bonchev–Trinajstić information content (AvgIpc) is 2.33. The first-order valence-electron chi connectivity index (χ1n) is 5.98. The molecule has 1 aromatic rings. The van der Waals surface area contributed by atoms with E-state index in [-0.39, 0.29) is 6.04 Å². The molecule has 0 bridgehead atoms. The summed E-state index contributed by atoms with van der Waals surface area (Å²) in [5, 5.41) is 14.8. The smallest absolute Gasteiger partial charge is 0.0884 e. The van der Waals surface area contributed by atoms with E-state index in [1.807, 2.05) is 0 Å². The number of benzene rings is 1. The van der Waals surface area contributed by atoms with Gasteiger partial charge in [-0.25, -0.2) is 0 Å². The zero-order chi connectivity index (χ0) is 13.2. The van der Waals surface area contributed by atoms with Crippen LogP contribution < -0.4 is 5.32 Å². The van der Waals surface area contributed by atoms with E-state index < -0.39 is 5.60 Å². The molecular weight excluding hydrogens is 273 g/mol. The van der Waals surface area contributed by atoms with Crippen LogP contribution in [0, 0.1) is 0 Å². The van der Waals surface area contributed by atoms with E-state index in [9.17, 15) is 5.11 Å². The highest BCUT2D eigenvalue weighted by atomic mass is 35.5. The standard InChI is InChI=1S/C13H17Cl2NO2/c1-13(17,7-10-8-18-5-4-16-10)9-2-3-11(14)12(15)6-9/h2-3,6,10,16-17H,4-5,7-8H2,1H3. The first-order valence-corrected chi connectivity index (χ1v) is 6.74. The van der Waals surface area contributed by atoms with Crippen LogP contribution in [0.4, 0.5) is 0 Å². The van der Waals surface area contributed by atoms with Gasteiger partial charge in [0, 0.05) is 12.6 Å². The van der Waals surface area contributed by atoms with Gasteiger partial charge in [0.2, 0.25) is 0 Å². The normalized spacial score (nSPS) is 23.7. The highest BCUT2D eigenvalue weighted by Crippen LogP contribution is 2.31. The van der Waals surface area contributed by atoms with Gasteiger partial charge in [0.15, 0.2) is 0 Å². The number of ether oxygens (including phenoxy) is 1. The zero-order valence-electron chi connectivity index (χ0n) is 10.2. The Balaban J connectivity index is 2.10. The summed E-state index contributed by atoms with van der Waals surface area (Å²) >= 11 is 11.9. The van der Waals surface area contributed by atoms with Gasteiger partial charge in [-0.05, 0) is 31.0 Å². The van der Waals surface area contributed by atoms with Crippen LogP contribution in [0.3, 0.4) is 0 Å². The van der Waals surface area contributed by atoms with Crippen LogP contribution in [0.1, 0.15) is 18.9 Å². The summed E-state index contributed by atoms with van der Waals surface area (Å²) in [6, 6.07) is 5.38. The van der Waals surface area contributed by atoms with E-state index in [0.717, 1.165) is 18.7 Å². The van der Waals surface area contributed by atoms with Gasteiger partial charge in [-0.15, -0.1) is 0 Å². The van der Waals surface area contributed by atoms with Crippen molar-refractivity contribution in [2.45, 2.75) is 25.0 Å². The molecule has 3 nitrogen and oxygen atoms in total. The first kappa shape index (κ1) is 14.1. The van der Waals surface area contributed by atoms with Crippen LogP contribution in [0.15, 0.2) is 18.2 Å². The van der Waals surface area contributed by atoms with E-state index in [1.165, 1.54) is 0 Å². The molecule has 1 aliphatic heterocycles. The van der Waals surface area contributed by atoms with E-state index in [1.54, 1.807) is 25.1 Å². The summed E-state index contributed by atoms with van der Waals surface area (Å²) in [6.07, 6.45) is 0.574. The van der Waals surface area contributed by atoms with Crippen LogP contribution in [-0.4, -0.2) is 30.9 Å². The summed E-state index contributed by atoms with van der Waals surface area (Å²) in [7, 11) is 0. The van der Waals surface area contributed by atoms with Crippen LogP contribution in [0.5, 0.6) is 0 Å². The lowest BCUT2D eigenvalue weighted by Gasteiger charge is -2.32. The van der Waals surface area contributed by atoms with Gasteiger partial charge in [-0.2, -0.15) is 0 Å². The van der Waals surface area contributed by atoms with E-state index in [0.29, 0.717) is 23.1 Å². The van der Waals surface area contributed by atoms with Crippen molar-refractivity contribution in [3.8, 4) is 0 Å². The zero-order valence-corrected chi connectivity index (χ0v) is 11.8. The van der Waals surface area contributed by atoms with Crippen molar-refractivity contribution in [2.75, 3.05) is 19.8 Å². The fourth-order valence-corrected chi connectivity index (χ4v) is 2.48. The van der Waals surface area contributed by atoms with Gasteiger partial charge in [0.25, 0.3) is 0 Å². The highest BCUT2D eigenvalue weighted by Gasteiger charge is 2.29. The fraction of sp³-hybridized carbons (Fsp3) is 0.538. The number of hydrogen-bond donors (Lipinski definition) is 2. The van der Waals surface area contributed by atoms with Crippen molar-refractivity contribution >= 4 is 23.2 Å². The van der Waals surface area contributed by atoms with Crippen molar-refractivity contribution in [2.24, 2.45) is 0 Å². The third-order valence-corrected chi connectivity index (χ3v) is 3.92. The van der Waals surface area contributed by atoms with Crippen molar-refractivity contribution < 1.29 is 9.84 Å². The summed E-state index contributed by atoms with van der Waals surface area (Å²) in [5.41, 5.74) is -0.184. The Labute approximate surface area is 117 Å². The van der Waals surface area contributed by atoms with Gasteiger partial charge in [-0.1, -0.05) is 29.3 Å². The van der Waals surface area contributed by atoms with Gasteiger partial charge in [0.05, 0.1) is 28.9 Å². The van der Waals surface area contributed by atoms with Gasteiger partial charge >= 0.3 is 0 Å². The second-order valence-corrected chi connectivity index (χ2v) is 5.65. The molecular formula is C13H17Cl2NO2. The molecule has 5 heteroatoms. The Bertz CT molecular complexity index is 417. The topological polar surface area (TPSA) is 41.5 Å². The molecule has 100 valence electrons. The number of halogens is 2. The summed E-state index contributed by atoms with van der Waals surface area (Å²) in [5.74, 6) is 0. The van der Waals surface area contributed by atoms with E-state index >= 15 is 0 Å². The fourth-order valence-electron chi connectivity index (χ4n) is 2.18. The first-order chi connectivity index (χ1) is 8.49. The Morgan fingerprint density at radius 1 is 1.44 bits per heavy atom. The summed E-state index contributed by atoms with van der Waals surface area (Å²) in [6.45, 7) is 3.95. The lowest BCUT2D eigenvalue weighted by atomic mass is 9.89. The highest BCUT2D eigenvalue weighted by molar-refractivity contribution is 6.42. The van der Waals surface area contributed by atoms with Crippen molar-refractivity contribution in [3.63, 3.8) is 0 Å². The van der Waals surface area contributed by atoms with E-state index in [2.05, 4.69) is 5.32 Å². The average molecular weight is 290 g/mol. The number of nitrogens with one attached hydrogen (secondary N) is 1. The number of aliphatic hydroxyl groups is 1. The third kappa shape index (κ3) is 3.37. The van der Waals surface area contributed by atoms with Crippen LogP contribution in [0.2, 0.25) is 10.0 Å². The Morgan fingerprint density at radius 2 is 2.22 bits per heavy atom. The maximum Gasteiger partial charge on any atom is 0.0884 e. The predicted molar refractivity (Wildman–Crippen MR) is 73.3 cm³/mol. The van der Waals surface area contributed by atoms with Crippen LogP contribution in [-0.2, 0) is 10.3 Å². The number of hydrogen-bond acceptors (Lipinski definition) is 3. The molecule has 1 heterocycles. The Morgan fingerprint density at radius 3 is 2.83 bits per heavy atom. The number of morpholine rings is 1. The van der Waals surface area contributed by atoms with Crippen LogP contribution >= 0.6 is 23.2 Å². The molecule has 1 aliphatic rings. The second kappa shape index (κ2) is 5.76. The largest absolute Gasteiger partial charge is 0.385 e. The molecule has 0 aromatic heterocycles. The predicted octanol–water partition coefficient (Wildman–Crippen LogP) is 2.58. The summed E-state index contributed by atoms with van der Waals surface area (Å²) < 4.78 is 5.39. The van der Waals surface area contributed by atoms with Gasteiger partial charge < -0.3 is 15.2 Å². The lowest BCUT2D eigenvalue weighted by Crippen LogP contribution is -2.45. The molecule has 1 aromatic carbocycles. The van der Waals surface area contributed by atoms with E-state index in [4.69, 9.17) is 27.9 Å². The molecule has 2 rings (SSSR count). The van der Waals surface area contributed by atoms with Gasteiger partial charge in [0.1, 0.15) is 0 Å².